The number of aliphatic imine (C=N–C) groups is 1. The lowest BCUT2D eigenvalue weighted by atomic mass is 10.2. The number of guanidine groups is 1. The number of ether oxygens (including phenoxy) is 1. The summed E-state index contributed by atoms with van der Waals surface area (Å²) in [5.74, 6) is 0.969. The third-order valence-corrected chi connectivity index (χ3v) is 4.88. The number of aryl methyl sites for hydroxylation is 1. The van der Waals surface area contributed by atoms with Gasteiger partial charge in [0.05, 0.1) is 18.8 Å². The van der Waals surface area contributed by atoms with Gasteiger partial charge in [0.1, 0.15) is 0 Å². The molecular weight excluding hydrogens is 332 g/mol. The molecule has 0 saturated carbocycles. The van der Waals surface area contributed by atoms with Gasteiger partial charge in [-0.1, -0.05) is 6.92 Å². The first-order valence-electron chi connectivity index (χ1n) is 9.26. The number of amides is 1. The van der Waals surface area contributed by atoms with E-state index in [-0.39, 0.29) is 11.9 Å². The first kappa shape index (κ1) is 20.2. The largest absolute Gasteiger partial charge is 0.383 e. The third kappa shape index (κ3) is 4.97. The average molecular weight is 364 g/mol. The number of methoxy groups -OCH3 is 1. The molecule has 2 heterocycles. The Morgan fingerprint density at radius 3 is 2.85 bits per heavy atom. The Bertz CT molecular complexity index is 640. The van der Waals surface area contributed by atoms with E-state index in [0.29, 0.717) is 19.6 Å². The van der Waals surface area contributed by atoms with E-state index in [1.807, 2.05) is 23.4 Å². The minimum Gasteiger partial charge on any atom is -0.383 e. The second kappa shape index (κ2) is 9.56. The van der Waals surface area contributed by atoms with Crippen LogP contribution in [0.1, 0.15) is 36.7 Å². The minimum atomic E-state index is 0.215. The number of likely N-dealkylation sites (tertiary alicyclic amines) is 1. The van der Waals surface area contributed by atoms with E-state index < -0.39 is 0 Å². The summed E-state index contributed by atoms with van der Waals surface area (Å²) in [5.41, 5.74) is 3.34. The zero-order chi connectivity index (χ0) is 19.1. The molecule has 1 atom stereocenters. The molecule has 1 aromatic rings. The molecule has 1 aliphatic heterocycles. The summed E-state index contributed by atoms with van der Waals surface area (Å²) in [6.45, 7) is 9.61. The smallest absolute Gasteiger partial charge is 0.222 e. The van der Waals surface area contributed by atoms with E-state index in [1.165, 1.54) is 5.56 Å². The van der Waals surface area contributed by atoms with E-state index in [4.69, 9.17) is 4.74 Å². The highest BCUT2D eigenvalue weighted by Gasteiger charge is 2.25. The van der Waals surface area contributed by atoms with Crippen LogP contribution in [0.25, 0.3) is 0 Å². The summed E-state index contributed by atoms with van der Waals surface area (Å²) in [4.78, 5) is 18.0. The zero-order valence-corrected chi connectivity index (χ0v) is 16.6. The van der Waals surface area contributed by atoms with Gasteiger partial charge in [-0.2, -0.15) is 5.10 Å². The van der Waals surface area contributed by atoms with E-state index in [9.17, 15) is 4.79 Å². The molecule has 0 bridgehead atoms. The van der Waals surface area contributed by atoms with E-state index in [2.05, 4.69) is 27.6 Å². The molecule has 0 aromatic carbocycles. The fourth-order valence-electron chi connectivity index (χ4n) is 3.27. The van der Waals surface area contributed by atoms with Crippen LogP contribution >= 0.6 is 0 Å². The Labute approximate surface area is 156 Å². The van der Waals surface area contributed by atoms with Crippen molar-refractivity contribution in [2.45, 2.75) is 52.7 Å². The van der Waals surface area contributed by atoms with Gasteiger partial charge in [0.2, 0.25) is 5.91 Å². The maximum atomic E-state index is 11.8. The Balaban J connectivity index is 1.90. The van der Waals surface area contributed by atoms with Crippen molar-refractivity contribution < 1.29 is 9.53 Å². The summed E-state index contributed by atoms with van der Waals surface area (Å²) in [5, 5.41) is 11.4. The van der Waals surface area contributed by atoms with Crippen molar-refractivity contribution in [1.82, 2.24) is 25.3 Å². The molecule has 0 spiro atoms. The highest BCUT2D eigenvalue weighted by atomic mass is 16.5. The topological polar surface area (TPSA) is 83.8 Å². The molecule has 1 amide bonds. The molecule has 26 heavy (non-hydrogen) atoms. The van der Waals surface area contributed by atoms with E-state index in [0.717, 1.165) is 43.4 Å². The number of carbonyl (C=O) groups excluding carboxylic acids is 1. The Hall–Kier alpha value is -2.09. The number of hydrogen-bond acceptors (Lipinski definition) is 4. The Kier molecular flexibility index (Phi) is 7.44. The molecule has 1 saturated heterocycles. The maximum Gasteiger partial charge on any atom is 0.222 e. The number of nitrogens with zero attached hydrogens (tertiary/aromatic N) is 4. The van der Waals surface area contributed by atoms with Gasteiger partial charge in [-0.15, -0.1) is 0 Å². The number of nitrogens with one attached hydrogen (secondary N) is 2. The fourth-order valence-corrected chi connectivity index (χ4v) is 3.27. The molecule has 0 aliphatic carbocycles. The summed E-state index contributed by atoms with van der Waals surface area (Å²) in [7, 11) is 3.46. The molecule has 8 heteroatoms. The van der Waals surface area contributed by atoms with Crippen LogP contribution in [0.3, 0.4) is 0 Å². The van der Waals surface area contributed by atoms with Crippen LogP contribution in [-0.4, -0.2) is 66.4 Å². The number of aromatic nitrogens is 2. The quantitative estimate of drug-likeness (QED) is 0.553. The van der Waals surface area contributed by atoms with Gasteiger partial charge < -0.3 is 20.3 Å². The van der Waals surface area contributed by atoms with Crippen LogP contribution in [-0.2, 0) is 22.6 Å². The van der Waals surface area contributed by atoms with Crippen molar-refractivity contribution >= 4 is 11.9 Å². The molecule has 8 nitrogen and oxygen atoms in total. The highest BCUT2D eigenvalue weighted by Crippen LogP contribution is 2.13. The predicted molar refractivity (Wildman–Crippen MR) is 102 cm³/mol. The lowest BCUT2D eigenvalue weighted by Gasteiger charge is -2.19. The maximum absolute atomic E-state index is 11.8. The van der Waals surface area contributed by atoms with E-state index >= 15 is 0 Å². The van der Waals surface area contributed by atoms with Crippen LogP contribution < -0.4 is 10.6 Å². The van der Waals surface area contributed by atoms with Crippen molar-refractivity contribution in [2.75, 3.05) is 33.9 Å². The molecule has 1 aliphatic rings. The summed E-state index contributed by atoms with van der Waals surface area (Å²) >= 11 is 0. The standard InChI is InChI=1S/C18H32N6O2/c1-6-17(25)23-8-7-15(12-23)21-18(19-4)20-11-16-13(2)22-24(14(16)3)9-10-26-5/h15H,6-12H2,1-5H3,(H2,19,20,21). The minimum absolute atomic E-state index is 0.215. The van der Waals surface area contributed by atoms with Crippen molar-refractivity contribution in [2.24, 2.45) is 4.99 Å². The number of rotatable bonds is 7. The number of carbonyl (C=O) groups is 1. The van der Waals surface area contributed by atoms with Crippen LogP contribution in [0.4, 0.5) is 0 Å². The second-order valence-electron chi connectivity index (χ2n) is 6.61. The molecule has 1 fully saturated rings. The summed E-state index contributed by atoms with van der Waals surface area (Å²) in [6, 6.07) is 0.239. The second-order valence-corrected chi connectivity index (χ2v) is 6.61. The van der Waals surface area contributed by atoms with Crippen molar-refractivity contribution in [3.8, 4) is 0 Å². The summed E-state index contributed by atoms with van der Waals surface area (Å²) in [6.07, 6.45) is 1.50. The first-order valence-corrected chi connectivity index (χ1v) is 9.26. The van der Waals surface area contributed by atoms with Gasteiger partial charge in [0, 0.05) is 57.5 Å². The molecule has 1 aromatic heterocycles. The SMILES string of the molecule is CCC(=O)N1CCC(NC(=NC)NCc2c(C)nn(CCOC)c2C)C1. The molecule has 0 radical (unpaired) electrons. The lowest BCUT2D eigenvalue weighted by molar-refractivity contribution is -0.129. The Morgan fingerprint density at radius 2 is 2.19 bits per heavy atom. The fraction of sp³-hybridized carbons (Fsp3) is 0.722. The Morgan fingerprint density at radius 1 is 1.42 bits per heavy atom. The van der Waals surface area contributed by atoms with Gasteiger partial charge in [0.15, 0.2) is 5.96 Å². The van der Waals surface area contributed by atoms with Gasteiger partial charge in [-0.25, -0.2) is 0 Å². The van der Waals surface area contributed by atoms with Gasteiger partial charge in [0.25, 0.3) is 0 Å². The monoisotopic (exact) mass is 364 g/mol. The third-order valence-electron chi connectivity index (χ3n) is 4.88. The van der Waals surface area contributed by atoms with Crippen LogP contribution in [0, 0.1) is 13.8 Å². The highest BCUT2D eigenvalue weighted by molar-refractivity contribution is 5.80. The van der Waals surface area contributed by atoms with Gasteiger partial charge >= 0.3 is 0 Å². The van der Waals surface area contributed by atoms with E-state index in [1.54, 1.807) is 14.2 Å². The lowest BCUT2D eigenvalue weighted by Crippen LogP contribution is -2.44. The molecule has 2 N–H and O–H groups in total. The predicted octanol–water partition coefficient (Wildman–Crippen LogP) is 0.822. The average Bonchev–Trinajstić information content (AvgIpc) is 3.21. The first-order chi connectivity index (χ1) is 12.5. The molecule has 146 valence electrons. The van der Waals surface area contributed by atoms with Gasteiger partial charge in [-0.3, -0.25) is 14.5 Å². The van der Waals surface area contributed by atoms with Crippen LogP contribution in [0.5, 0.6) is 0 Å². The van der Waals surface area contributed by atoms with Crippen LogP contribution in [0.15, 0.2) is 4.99 Å². The molecular formula is C18H32N6O2. The zero-order valence-electron chi connectivity index (χ0n) is 16.6. The normalized spacial score (nSPS) is 17.7. The van der Waals surface area contributed by atoms with Gasteiger partial charge in [-0.05, 0) is 20.3 Å². The van der Waals surface area contributed by atoms with Crippen molar-refractivity contribution in [3.63, 3.8) is 0 Å². The summed E-state index contributed by atoms with van der Waals surface area (Å²) < 4.78 is 7.12. The van der Waals surface area contributed by atoms with Crippen LogP contribution in [0.2, 0.25) is 0 Å². The van der Waals surface area contributed by atoms with Crippen molar-refractivity contribution in [3.05, 3.63) is 17.0 Å². The van der Waals surface area contributed by atoms with Crippen molar-refractivity contribution in [1.29, 1.82) is 0 Å². The number of hydrogen-bond donors (Lipinski definition) is 2. The molecule has 2 rings (SSSR count). The molecule has 1 unspecified atom stereocenters.